The maximum Gasteiger partial charge on any atom is 0.251 e. The second-order valence-corrected chi connectivity index (χ2v) is 7.11. The number of aryl methyl sites for hydroxylation is 2. The van der Waals surface area contributed by atoms with Crippen molar-refractivity contribution in [2.24, 2.45) is 0 Å². The van der Waals surface area contributed by atoms with Crippen LogP contribution in [0.25, 0.3) is 10.9 Å². The molecule has 1 aliphatic carbocycles. The van der Waals surface area contributed by atoms with Crippen molar-refractivity contribution < 1.29 is 9.53 Å². The summed E-state index contributed by atoms with van der Waals surface area (Å²) >= 11 is 0. The molecular weight excluding hydrogens is 314 g/mol. The van der Waals surface area contributed by atoms with Crippen LogP contribution >= 0.6 is 0 Å². The highest BCUT2D eigenvalue weighted by Crippen LogP contribution is 2.29. The summed E-state index contributed by atoms with van der Waals surface area (Å²) in [5.41, 5.74) is 4.73. The summed E-state index contributed by atoms with van der Waals surface area (Å²) in [5, 5.41) is 4.30. The molecule has 1 aromatic carbocycles. The number of aromatic nitrogens is 1. The summed E-state index contributed by atoms with van der Waals surface area (Å²) < 4.78 is 5.35. The molecule has 0 spiro atoms. The van der Waals surface area contributed by atoms with E-state index in [1.54, 1.807) is 0 Å². The molecule has 5 nitrogen and oxygen atoms in total. The zero-order chi connectivity index (χ0) is 17.1. The average Bonchev–Trinajstić information content (AvgIpc) is 2.82. The van der Waals surface area contributed by atoms with Crippen molar-refractivity contribution in [1.82, 2.24) is 15.2 Å². The predicted octanol–water partition coefficient (Wildman–Crippen LogP) is 2.50. The Bertz CT molecular complexity index is 747. The van der Waals surface area contributed by atoms with Crippen LogP contribution in [0.2, 0.25) is 0 Å². The number of morpholine rings is 1. The largest absolute Gasteiger partial charge is 0.379 e. The van der Waals surface area contributed by atoms with Gasteiger partial charge >= 0.3 is 0 Å². The van der Waals surface area contributed by atoms with Gasteiger partial charge in [-0.05, 0) is 49.4 Å². The van der Waals surface area contributed by atoms with Crippen molar-refractivity contribution in [2.75, 3.05) is 39.4 Å². The van der Waals surface area contributed by atoms with Crippen molar-refractivity contribution >= 4 is 16.8 Å². The number of ether oxygens (including phenoxy) is 1. The lowest BCUT2D eigenvalue weighted by Gasteiger charge is -2.26. The van der Waals surface area contributed by atoms with Crippen LogP contribution < -0.4 is 5.32 Å². The average molecular weight is 341 g/mol. The van der Waals surface area contributed by atoms with E-state index in [0.717, 1.165) is 56.8 Å². The van der Waals surface area contributed by atoms with Crippen molar-refractivity contribution in [1.29, 1.82) is 0 Å². The van der Waals surface area contributed by atoms with Gasteiger partial charge in [0.05, 0.1) is 13.2 Å². The third-order valence-electron chi connectivity index (χ3n) is 5.43. The third-order valence-corrected chi connectivity index (χ3v) is 5.43. The Morgan fingerprint density at radius 2 is 2.00 bits per heavy atom. The SMILES string of the molecule is O=C(NCCN1CCOCC1)c1ccc2[nH]c3c(c2c1)CCCCC3. The topological polar surface area (TPSA) is 57.4 Å². The van der Waals surface area contributed by atoms with Crippen LogP contribution in [-0.4, -0.2) is 55.2 Å². The highest BCUT2D eigenvalue weighted by atomic mass is 16.5. The number of H-pyrrole nitrogens is 1. The number of nitrogens with zero attached hydrogens (tertiary/aromatic N) is 1. The first-order chi connectivity index (χ1) is 12.3. The van der Waals surface area contributed by atoms with Crippen molar-refractivity contribution in [3.05, 3.63) is 35.0 Å². The quantitative estimate of drug-likeness (QED) is 0.840. The number of carbonyl (C=O) groups excluding carboxylic acids is 1. The number of rotatable bonds is 4. The molecule has 5 heteroatoms. The Kier molecular flexibility index (Phi) is 5.04. The van der Waals surface area contributed by atoms with E-state index in [-0.39, 0.29) is 5.91 Å². The van der Waals surface area contributed by atoms with Gasteiger partial charge in [-0.1, -0.05) is 6.42 Å². The maximum atomic E-state index is 12.5. The van der Waals surface area contributed by atoms with E-state index < -0.39 is 0 Å². The van der Waals surface area contributed by atoms with Gasteiger partial charge in [0, 0.05) is 48.3 Å². The molecule has 1 amide bonds. The molecule has 2 aliphatic rings. The Labute approximate surface area is 148 Å². The lowest BCUT2D eigenvalue weighted by Crippen LogP contribution is -2.41. The first-order valence-electron chi connectivity index (χ1n) is 9.53. The van der Waals surface area contributed by atoms with Gasteiger partial charge in [-0.25, -0.2) is 0 Å². The van der Waals surface area contributed by atoms with E-state index in [4.69, 9.17) is 4.74 Å². The number of aromatic amines is 1. The number of nitrogens with one attached hydrogen (secondary N) is 2. The minimum atomic E-state index is 0.0266. The number of benzene rings is 1. The molecule has 0 radical (unpaired) electrons. The summed E-state index contributed by atoms with van der Waals surface area (Å²) in [6.07, 6.45) is 6.05. The minimum Gasteiger partial charge on any atom is -0.379 e. The minimum absolute atomic E-state index is 0.0266. The second-order valence-electron chi connectivity index (χ2n) is 7.11. The van der Waals surface area contributed by atoms with Gasteiger partial charge in [-0.2, -0.15) is 0 Å². The summed E-state index contributed by atoms with van der Waals surface area (Å²) in [5.74, 6) is 0.0266. The molecule has 1 aromatic heterocycles. The number of hydrogen-bond acceptors (Lipinski definition) is 3. The highest BCUT2D eigenvalue weighted by Gasteiger charge is 2.16. The van der Waals surface area contributed by atoms with E-state index in [1.807, 2.05) is 6.07 Å². The number of fused-ring (bicyclic) bond motifs is 3. The summed E-state index contributed by atoms with van der Waals surface area (Å²) in [6, 6.07) is 6.06. The molecule has 1 fully saturated rings. The summed E-state index contributed by atoms with van der Waals surface area (Å²) in [4.78, 5) is 18.4. The second kappa shape index (κ2) is 7.58. The molecule has 2 aromatic rings. The van der Waals surface area contributed by atoms with Crippen LogP contribution in [0.3, 0.4) is 0 Å². The molecule has 0 unspecified atom stereocenters. The Hall–Kier alpha value is -1.85. The molecule has 0 atom stereocenters. The monoisotopic (exact) mass is 341 g/mol. The summed E-state index contributed by atoms with van der Waals surface area (Å²) in [7, 11) is 0. The summed E-state index contributed by atoms with van der Waals surface area (Å²) in [6.45, 7) is 5.07. The molecular formula is C20H27N3O2. The van der Waals surface area contributed by atoms with Gasteiger partial charge in [0.1, 0.15) is 0 Å². The van der Waals surface area contributed by atoms with Crippen LogP contribution in [0.4, 0.5) is 0 Å². The van der Waals surface area contributed by atoms with Crippen molar-refractivity contribution in [3.63, 3.8) is 0 Å². The highest BCUT2D eigenvalue weighted by molar-refractivity contribution is 5.99. The smallest absolute Gasteiger partial charge is 0.251 e. The normalized spacial score (nSPS) is 18.7. The molecule has 134 valence electrons. The van der Waals surface area contributed by atoms with E-state index >= 15 is 0 Å². The maximum absolute atomic E-state index is 12.5. The number of carbonyl (C=O) groups is 1. The molecule has 0 saturated carbocycles. The first-order valence-corrected chi connectivity index (χ1v) is 9.53. The van der Waals surface area contributed by atoms with Gasteiger partial charge in [-0.3, -0.25) is 9.69 Å². The molecule has 25 heavy (non-hydrogen) atoms. The molecule has 1 saturated heterocycles. The fourth-order valence-corrected chi connectivity index (χ4v) is 3.98. The van der Waals surface area contributed by atoms with Crippen LogP contribution in [0.5, 0.6) is 0 Å². The lowest BCUT2D eigenvalue weighted by atomic mass is 10.0. The van der Waals surface area contributed by atoms with Crippen LogP contribution in [0.15, 0.2) is 18.2 Å². The zero-order valence-corrected chi connectivity index (χ0v) is 14.8. The fraction of sp³-hybridized carbons (Fsp3) is 0.550. The van der Waals surface area contributed by atoms with Crippen LogP contribution in [0, 0.1) is 0 Å². The van der Waals surface area contributed by atoms with E-state index in [2.05, 4.69) is 27.3 Å². The van der Waals surface area contributed by atoms with Crippen LogP contribution in [0.1, 0.15) is 40.9 Å². The molecule has 1 aliphatic heterocycles. The Morgan fingerprint density at radius 1 is 1.16 bits per heavy atom. The predicted molar refractivity (Wildman–Crippen MR) is 99.1 cm³/mol. The molecule has 2 heterocycles. The standard InChI is InChI=1S/C20H27N3O2/c24-20(21-8-9-23-10-12-25-13-11-23)15-6-7-19-17(14-15)16-4-2-1-3-5-18(16)22-19/h6-7,14,22H,1-5,8-13H2,(H,21,24). The molecule has 4 rings (SSSR count). The van der Waals surface area contributed by atoms with Gasteiger partial charge in [0.15, 0.2) is 0 Å². The Morgan fingerprint density at radius 3 is 2.88 bits per heavy atom. The third kappa shape index (κ3) is 3.72. The molecule has 0 bridgehead atoms. The molecule has 2 N–H and O–H groups in total. The zero-order valence-electron chi connectivity index (χ0n) is 14.8. The van der Waals surface area contributed by atoms with Gasteiger partial charge in [-0.15, -0.1) is 0 Å². The Balaban J connectivity index is 1.43. The van der Waals surface area contributed by atoms with Gasteiger partial charge in [0.25, 0.3) is 5.91 Å². The lowest BCUT2D eigenvalue weighted by molar-refractivity contribution is 0.0383. The van der Waals surface area contributed by atoms with Crippen LogP contribution in [-0.2, 0) is 17.6 Å². The van der Waals surface area contributed by atoms with E-state index in [0.29, 0.717) is 6.54 Å². The van der Waals surface area contributed by atoms with E-state index in [1.165, 1.54) is 35.9 Å². The van der Waals surface area contributed by atoms with E-state index in [9.17, 15) is 4.79 Å². The van der Waals surface area contributed by atoms with Crippen molar-refractivity contribution in [3.8, 4) is 0 Å². The number of hydrogen-bond donors (Lipinski definition) is 2. The van der Waals surface area contributed by atoms with Gasteiger partial charge < -0.3 is 15.0 Å². The van der Waals surface area contributed by atoms with Gasteiger partial charge in [0.2, 0.25) is 0 Å². The number of amides is 1. The fourth-order valence-electron chi connectivity index (χ4n) is 3.98. The van der Waals surface area contributed by atoms with Crippen molar-refractivity contribution in [2.45, 2.75) is 32.1 Å². The first kappa shape index (κ1) is 16.6.